The average molecular weight is 287 g/mol. The zero-order valence-corrected chi connectivity index (χ0v) is 12.3. The molecule has 20 heavy (non-hydrogen) atoms. The molecule has 1 aliphatic carbocycles. The van der Waals surface area contributed by atoms with Crippen LogP contribution in [0, 0.1) is 17.8 Å². The van der Waals surface area contributed by atoms with E-state index in [-0.39, 0.29) is 12.7 Å². The summed E-state index contributed by atoms with van der Waals surface area (Å²) < 4.78 is 10.0. The van der Waals surface area contributed by atoms with Gasteiger partial charge in [0.05, 0.1) is 12.5 Å². The number of alkyl carbamates (subject to hydrolysis) is 1. The number of ether oxygens (including phenoxy) is 2. The van der Waals surface area contributed by atoms with E-state index in [0.717, 1.165) is 12.8 Å². The predicted molar refractivity (Wildman–Crippen MR) is 73.2 cm³/mol. The van der Waals surface area contributed by atoms with Crippen molar-refractivity contribution in [2.75, 3.05) is 19.9 Å². The molecule has 0 atom stereocenters. The van der Waals surface area contributed by atoms with Gasteiger partial charge >= 0.3 is 12.1 Å². The fraction of sp³-hybridized carbons (Fsp3) is 0.857. The number of hydrogen-bond donors (Lipinski definition) is 2. The molecule has 0 aromatic carbocycles. The second-order valence-electron chi connectivity index (χ2n) is 5.75. The van der Waals surface area contributed by atoms with E-state index in [2.05, 4.69) is 5.32 Å². The average Bonchev–Trinajstić information content (AvgIpc) is 2.41. The topological polar surface area (TPSA) is 84.9 Å². The predicted octanol–water partition coefficient (Wildman–Crippen LogP) is 2.23. The number of carbonyl (C=O) groups excluding carboxylic acids is 1. The molecule has 0 heterocycles. The number of amides is 1. The molecule has 0 bridgehead atoms. The number of nitrogens with one attached hydrogen (secondary N) is 1. The number of carboxylic acids is 1. The van der Waals surface area contributed by atoms with Crippen molar-refractivity contribution >= 4 is 12.1 Å². The van der Waals surface area contributed by atoms with E-state index < -0.39 is 12.1 Å². The monoisotopic (exact) mass is 287 g/mol. The van der Waals surface area contributed by atoms with Crippen LogP contribution in [0.4, 0.5) is 4.79 Å². The molecule has 1 aliphatic rings. The first kappa shape index (κ1) is 16.8. The molecule has 0 aromatic heterocycles. The van der Waals surface area contributed by atoms with E-state index in [1.165, 1.54) is 0 Å². The minimum Gasteiger partial charge on any atom is -0.481 e. The molecule has 6 nitrogen and oxygen atoms in total. The largest absolute Gasteiger partial charge is 0.481 e. The quantitative estimate of drug-likeness (QED) is 0.554. The van der Waals surface area contributed by atoms with Gasteiger partial charge in [-0.1, -0.05) is 13.8 Å². The summed E-state index contributed by atoms with van der Waals surface area (Å²) in [4.78, 5) is 22.2. The molecular formula is C14H25NO5. The highest BCUT2D eigenvalue weighted by Gasteiger charge is 2.26. The summed E-state index contributed by atoms with van der Waals surface area (Å²) in [5.74, 6) is -0.179. The Hall–Kier alpha value is -1.30. The second kappa shape index (κ2) is 8.79. The van der Waals surface area contributed by atoms with E-state index in [1.54, 1.807) is 0 Å². The maximum Gasteiger partial charge on any atom is 0.409 e. The van der Waals surface area contributed by atoms with Gasteiger partial charge in [-0.15, -0.1) is 0 Å². The van der Waals surface area contributed by atoms with E-state index >= 15 is 0 Å². The molecule has 0 saturated heterocycles. The van der Waals surface area contributed by atoms with Gasteiger partial charge in [0.2, 0.25) is 0 Å². The van der Waals surface area contributed by atoms with Crippen molar-refractivity contribution in [3.63, 3.8) is 0 Å². The van der Waals surface area contributed by atoms with Gasteiger partial charge in [0.1, 0.15) is 0 Å². The molecule has 116 valence electrons. The number of carboxylic acid groups (broad SMARTS) is 1. The number of hydrogen-bond acceptors (Lipinski definition) is 4. The standard InChI is InChI=1S/C14H25NO5/c1-10(2)8-19-9-20-14(18)15-7-11-3-5-12(6-4-11)13(16)17/h10-12H,3-9H2,1-2H3,(H,15,18)(H,16,17). The third-order valence-corrected chi connectivity index (χ3v) is 3.46. The highest BCUT2D eigenvalue weighted by atomic mass is 16.7. The first-order chi connectivity index (χ1) is 9.49. The van der Waals surface area contributed by atoms with Crippen LogP contribution in [0.15, 0.2) is 0 Å². The fourth-order valence-corrected chi connectivity index (χ4v) is 2.27. The molecule has 0 spiro atoms. The summed E-state index contributed by atoms with van der Waals surface area (Å²) in [6.45, 7) is 5.11. The molecule has 2 N–H and O–H groups in total. The maximum atomic E-state index is 11.4. The van der Waals surface area contributed by atoms with Crippen molar-refractivity contribution in [3.05, 3.63) is 0 Å². The lowest BCUT2D eigenvalue weighted by atomic mass is 9.82. The van der Waals surface area contributed by atoms with E-state index in [9.17, 15) is 9.59 Å². The van der Waals surface area contributed by atoms with E-state index in [1.807, 2.05) is 13.8 Å². The highest BCUT2D eigenvalue weighted by molar-refractivity contribution is 5.70. The van der Waals surface area contributed by atoms with Crippen LogP contribution in [-0.4, -0.2) is 37.1 Å². The van der Waals surface area contributed by atoms with Crippen LogP contribution >= 0.6 is 0 Å². The fourth-order valence-electron chi connectivity index (χ4n) is 2.27. The zero-order valence-electron chi connectivity index (χ0n) is 12.3. The maximum absolute atomic E-state index is 11.4. The van der Waals surface area contributed by atoms with Crippen LogP contribution < -0.4 is 5.32 Å². The van der Waals surface area contributed by atoms with E-state index in [0.29, 0.717) is 37.8 Å². The highest BCUT2D eigenvalue weighted by Crippen LogP contribution is 2.28. The summed E-state index contributed by atoms with van der Waals surface area (Å²) in [5.41, 5.74) is 0. The Labute approximate surface area is 119 Å². The minimum atomic E-state index is -0.710. The van der Waals surface area contributed by atoms with Crippen LogP contribution in [0.5, 0.6) is 0 Å². The van der Waals surface area contributed by atoms with Gasteiger partial charge in [-0.05, 0) is 37.5 Å². The van der Waals surface area contributed by atoms with Crippen molar-refractivity contribution < 1.29 is 24.2 Å². The number of carbonyl (C=O) groups is 2. The smallest absolute Gasteiger partial charge is 0.409 e. The molecule has 0 unspecified atom stereocenters. The van der Waals surface area contributed by atoms with Crippen LogP contribution in [0.25, 0.3) is 0 Å². The molecule has 1 amide bonds. The Balaban J connectivity index is 2.06. The van der Waals surface area contributed by atoms with Crippen molar-refractivity contribution in [3.8, 4) is 0 Å². The van der Waals surface area contributed by atoms with Gasteiger partial charge in [0, 0.05) is 6.54 Å². The Morgan fingerprint density at radius 2 is 1.90 bits per heavy atom. The first-order valence-corrected chi connectivity index (χ1v) is 7.20. The van der Waals surface area contributed by atoms with Gasteiger partial charge in [-0.25, -0.2) is 4.79 Å². The summed E-state index contributed by atoms with van der Waals surface area (Å²) in [7, 11) is 0. The summed E-state index contributed by atoms with van der Waals surface area (Å²) >= 11 is 0. The Morgan fingerprint density at radius 3 is 2.45 bits per heavy atom. The molecule has 0 radical (unpaired) electrons. The minimum absolute atomic E-state index is 0.0320. The van der Waals surface area contributed by atoms with Crippen molar-refractivity contribution in [2.24, 2.45) is 17.8 Å². The van der Waals surface area contributed by atoms with Crippen LogP contribution in [0.2, 0.25) is 0 Å². The molecule has 0 aromatic rings. The summed E-state index contributed by atoms with van der Waals surface area (Å²) in [6, 6.07) is 0. The third kappa shape index (κ3) is 6.75. The Bertz CT molecular complexity index is 311. The molecule has 6 heteroatoms. The first-order valence-electron chi connectivity index (χ1n) is 7.20. The van der Waals surface area contributed by atoms with E-state index in [4.69, 9.17) is 14.6 Å². The lowest BCUT2D eigenvalue weighted by molar-refractivity contribution is -0.143. The SMILES string of the molecule is CC(C)COCOC(=O)NCC1CCC(C(=O)O)CC1. The number of aliphatic carboxylic acids is 1. The number of rotatable bonds is 7. The second-order valence-corrected chi connectivity index (χ2v) is 5.75. The molecular weight excluding hydrogens is 262 g/mol. The summed E-state index contributed by atoms with van der Waals surface area (Å²) in [6.07, 6.45) is 2.57. The van der Waals surface area contributed by atoms with Crippen molar-refractivity contribution in [1.29, 1.82) is 0 Å². The van der Waals surface area contributed by atoms with Crippen LogP contribution in [0.3, 0.4) is 0 Å². The Morgan fingerprint density at radius 1 is 1.25 bits per heavy atom. The zero-order chi connectivity index (χ0) is 15.0. The van der Waals surface area contributed by atoms with Gasteiger partial charge in [-0.2, -0.15) is 0 Å². The summed E-state index contributed by atoms with van der Waals surface area (Å²) in [5, 5.41) is 11.6. The normalized spacial score (nSPS) is 22.6. The molecule has 1 saturated carbocycles. The third-order valence-electron chi connectivity index (χ3n) is 3.46. The molecule has 0 aliphatic heterocycles. The van der Waals surface area contributed by atoms with Crippen LogP contribution in [-0.2, 0) is 14.3 Å². The van der Waals surface area contributed by atoms with Gasteiger partial charge in [-0.3, -0.25) is 4.79 Å². The van der Waals surface area contributed by atoms with Crippen molar-refractivity contribution in [2.45, 2.75) is 39.5 Å². The van der Waals surface area contributed by atoms with Crippen LogP contribution in [0.1, 0.15) is 39.5 Å². The lowest BCUT2D eigenvalue weighted by Gasteiger charge is -2.25. The molecule has 1 rings (SSSR count). The Kier molecular flexibility index (Phi) is 7.36. The lowest BCUT2D eigenvalue weighted by Crippen LogP contribution is -2.33. The van der Waals surface area contributed by atoms with Gasteiger partial charge in [0.25, 0.3) is 0 Å². The molecule has 1 fully saturated rings. The van der Waals surface area contributed by atoms with Gasteiger partial charge in [0.15, 0.2) is 6.79 Å². The van der Waals surface area contributed by atoms with Crippen molar-refractivity contribution in [1.82, 2.24) is 5.32 Å². The van der Waals surface area contributed by atoms with Gasteiger partial charge < -0.3 is 19.9 Å².